The van der Waals surface area contributed by atoms with Crippen LogP contribution in [0.15, 0.2) is 42.5 Å². The average molecular weight is 411 g/mol. The number of anilines is 2. The van der Waals surface area contributed by atoms with Gasteiger partial charge in [-0.1, -0.05) is 30.7 Å². The second-order valence-corrected chi connectivity index (χ2v) is 8.54. The van der Waals surface area contributed by atoms with Crippen LogP contribution in [0.5, 0.6) is 0 Å². The van der Waals surface area contributed by atoms with E-state index in [2.05, 4.69) is 12.2 Å². The number of rotatable bonds is 3. The van der Waals surface area contributed by atoms with Crippen molar-refractivity contribution in [1.29, 1.82) is 0 Å². The number of nitrogens with zero attached hydrogens (tertiary/aromatic N) is 1. The molecule has 1 aliphatic heterocycles. The molecule has 150 valence electrons. The molecule has 2 aromatic carbocycles. The summed E-state index contributed by atoms with van der Waals surface area (Å²) in [7, 11) is 0. The average Bonchev–Trinajstić information content (AvgIpc) is 2.94. The second kappa shape index (κ2) is 7.64. The lowest BCUT2D eigenvalue weighted by Crippen LogP contribution is -2.31. The molecule has 0 bridgehead atoms. The molecule has 1 saturated heterocycles. The zero-order valence-corrected chi connectivity index (χ0v) is 17.2. The molecule has 3 atom stereocenters. The Morgan fingerprint density at radius 2 is 1.83 bits per heavy atom. The fourth-order valence-corrected chi connectivity index (χ4v) is 4.53. The molecule has 0 aromatic heterocycles. The maximum absolute atomic E-state index is 12.9. The molecule has 1 heterocycles. The minimum Gasteiger partial charge on any atom is -0.322 e. The van der Waals surface area contributed by atoms with Crippen LogP contribution in [0.25, 0.3) is 0 Å². The number of hydrogen-bond acceptors (Lipinski definition) is 3. The molecule has 4 rings (SSSR count). The predicted molar refractivity (Wildman–Crippen MR) is 113 cm³/mol. The number of nitrogens with one attached hydrogen (secondary N) is 1. The monoisotopic (exact) mass is 410 g/mol. The molecule has 29 heavy (non-hydrogen) atoms. The summed E-state index contributed by atoms with van der Waals surface area (Å²) in [6.07, 6.45) is 2.47. The van der Waals surface area contributed by atoms with Gasteiger partial charge >= 0.3 is 0 Å². The smallest absolute Gasteiger partial charge is 0.255 e. The molecule has 1 N–H and O–H groups in total. The first kappa shape index (κ1) is 19.6. The van der Waals surface area contributed by atoms with Crippen LogP contribution in [0.3, 0.4) is 0 Å². The maximum Gasteiger partial charge on any atom is 0.255 e. The van der Waals surface area contributed by atoms with Gasteiger partial charge in [-0.05, 0) is 68.0 Å². The van der Waals surface area contributed by atoms with Gasteiger partial charge in [0, 0.05) is 16.3 Å². The third-order valence-electron chi connectivity index (χ3n) is 6.00. The highest BCUT2D eigenvalue weighted by Crippen LogP contribution is 2.42. The molecule has 2 aliphatic rings. The van der Waals surface area contributed by atoms with E-state index in [1.54, 1.807) is 36.4 Å². The lowest BCUT2D eigenvalue weighted by molar-refractivity contribution is -0.122. The van der Waals surface area contributed by atoms with Gasteiger partial charge in [0.05, 0.1) is 17.5 Å². The molecule has 2 fully saturated rings. The molecule has 0 spiro atoms. The van der Waals surface area contributed by atoms with Crippen LogP contribution in [0.1, 0.15) is 42.1 Å². The Labute approximate surface area is 175 Å². The van der Waals surface area contributed by atoms with Crippen molar-refractivity contribution in [1.82, 2.24) is 0 Å². The molecule has 5 nitrogen and oxygen atoms in total. The van der Waals surface area contributed by atoms with Crippen LogP contribution in [0, 0.1) is 24.7 Å². The minimum atomic E-state index is -0.317. The minimum absolute atomic E-state index is 0.143. The zero-order chi connectivity index (χ0) is 20.7. The van der Waals surface area contributed by atoms with Crippen LogP contribution in [-0.2, 0) is 9.59 Å². The quantitative estimate of drug-likeness (QED) is 0.737. The summed E-state index contributed by atoms with van der Waals surface area (Å²) < 4.78 is 0. The van der Waals surface area contributed by atoms with Crippen molar-refractivity contribution in [2.24, 2.45) is 17.8 Å². The SMILES string of the molecule is Cc1ccc(Cl)cc1NC(=O)c1cccc(N2C(=O)[C@H]3C[C@H](C)CC[C@H]3C2=O)c1. The van der Waals surface area contributed by atoms with Crippen LogP contribution >= 0.6 is 11.6 Å². The van der Waals surface area contributed by atoms with Crippen molar-refractivity contribution in [2.45, 2.75) is 33.1 Å². The lowest BCUT2D eigenvalue weighted by Gasteiger charge is -2.25. The van der Waals surface area contributed by atoms with Gasteiger partial charge in [0.25, 0.3) is 5.91 Å². The van der Waals surface area contributed by atoms with E-state index >= 15 is 0 Å². The second-order valence-electron chi connectivity index (χ2n) is 8.11. The fourth-order valence-electron chi connectivity index (χ4n) is 4.35. The van der Waals surface area contributed by atoms with Crippen molar-refractivity contribution >= 4 is 40.7 Å². The fraction of sp³-hybridized carbons (Fsp3) is 0.348. The van der Waals surface area contributed by atoms with Gasteiger partial charge in [-0.25, -0.2) is 0 Å². The first-order chi connectivity index (χ1) is 13.8. The molecular weight excluding hydrogens is 388 g/mol. The molecule has 1 aliphatic carbocycles. The molecule has 3 amide bonds. The predicted octanol–water partition coefficient (Wildman–Crippen LogP) is 4.83. The molecule has 0 unspecified atom stereocenters. The highest BCUT2D eigenvalue weighted by atomic mass is 35.5. The number of carbonyl (C=O) groups is 3. The van der Waals surface area contributed by atoms with E-state index in [-0.39, 0.29) is 29.6 Å². The maximum atomic E-state index is 12.9. The Morgan fingerprint density at radius 3 is 2.62 bits per heavy atom. The van der Waals surface area contributed by atoms with Gasteiger partial charge in [0.1, 0.15) is 0 Å². The molecule has 2 aromatic rings. The van der Waals surface area contributed by atoms with E-state index in [1.807, 2.05) is 13.0 Å². The lowest BCUT2D eigenvalue weighted by atomic mass is 9.76. The summed E-state index contributed by atoms with van der Waals surface area (Å²) in [6.45, 7) is 4.01. The highest BCUT2D eigenvalue weighted by Gasteiger charge is 2.50. The van der Waals surface area contributed by atoms with Crippen molar-refractivity contribution in [2.75, 3.05) is 10.2 Å². The van der Waals surface area contributed by atoms with E-state index in [0.29, 0.717) is 27.9 Å². The van der Waals surface area contributed by atoms with E-state index in [1.165, 1.54) is 4.90 Å². The third-order valence-corrected chi connectivity index (χ3v) is 6.24. The first-order valence-corrected chi connectivity index (χ1v) is 10.3. The van der Waals surface area contributed by atoms with Gasteiger partial charge in [-0.2, -0.15) is 0 Å². The number of imide groups is 1. The summed E-state index contributed by atoms with van der Waals surface area (Å²) in [4.78, 5) is 39.9. The van der Waals surface area contributed by atoms with E-state index in [9.17, 15) is 14.4 Å². The Morgan fingerprint density at radius 1 is 1.07 bits per heavy atom. The van der Waals surface area contributed by atoms with Crippen molar-refractivity contribution in [3.05, 3.63) is 58.6 Å². The molecule has 1 saturated carbocycles. The normalized spacial score (nSPS) is 23.8. The number of halogens is 1. The Bertz CT molecular complexity index is 1000. The number of aryl methyl sites for hydroxylation is 1. The van der Waals surface area contributed by atoms with E-state index in [4.69, 9.17) is 11.6 Å². The van der Waals surface area contributed by atoms with Gasteiger partial charge < -0.3 is 5.32 Å². The molecular formula is C23H23ClN2O3. The number of carbonyl (C=O) groups excluding carboxylic acids is 3. The van der Waals surface area contributed by atoms with Crippen molar-refractivity contribution in [3.63, 3.8) is 0 Å². The van der Waals surface area contributed by atoms with Gasteiger partial charge in [-0.15, -0.1) is 0 Å². The van der Waals surface area contributed by atoms with Gasteiger partial charge in [0.2, 0.25) is 11.8 Å². The van der Waals surface area contributed by atoms with Crippen LogP contribution in [0.4, 0.5) is 11.4 Å². The number of hydrogen-bond donors (Lipinski definition) is 1. The van der Waals surface area contributed by atoms with E-state index < -0.39 is 0 Å². The zero-order valence-electron chi connectivity index (χ0n) is 16.4. The highest BCUT2D eigenvalue weighted by molar-refractivity contribution is 6.31. The third kappa shape index (κ3) is 3.67. The van der Waals surface area contributed by atoms with Crippen molar-refractivity contribution in [3.8, 4) is 0 Å². The van der Waals surface area contributed by atoms with Crippen LogP contribution < -0.4 is 10.2 Å². The van der Waals surface area contributed by atoms with Gasteiger partial charge in [0.15, 0.2) is 0 Å². The largest absolute Gasteiger partial charge is 0.322 e. The van der Waals surface area contributed by atoms with Gasteiger partial charge in [-0.3, -0.25) is 19.3 Å². The van der Waals surface area contributed by atoms with Crippen LogP contribution in [-0.4, -0.2) is 17.7 Å². The summed E-state index contributed by atoms with van der Waals surface area (Å²) >= 11 is 6.03. The summed E-state index contributed by atoms with van der Waals surface area (Å²) in [6, 6.07) is 12.0. The number of benzene rings is 2. The summed E-state index contributed by atoms with van der Waals surface area (Å²) in [5.41, 5.74) is 2.35. The first-order valence-electron chi connectivity index (χ1n) is 9.90. The topological polar surface area (TPSA) is 66.5 Å². The summed E-state index contributed by atoms with van der Waals surface area (Å²) in [5.74, 6) is -0.624. The van der Waals surface area contributed by atoms with Crippen LogP contribution in [0.2, 0.25) is 5.02 Å². The standard InChI is InChI=1S/C23H23ClN2O3/c1-13-6-9-18-19(10-13)23(29)26(22(18)28)17-5-3-4-15(11-17)21(27)25-20-12-16(24)8-7-14(20)2/h3-5,7-8,11-13,18-19H,6,9-10H2,1-2H3,(H,25,27)/t13-,18-,19+/m1/s1. The molecule has 0 radical (unpaired) electrons. The summed E-state index contributed by atoms with van der Waals surface area (Å²) in [5, 5.41) is 3.38. The Kier molecular flexibility index (Phi) is 5.17. The number of fused-ring (bicyclic) bond motifs is 1. The Hall–Kier alpha value is -2.66. The Balaban J connectivity index is 1.59. The molecule has 6 heteroatoms. The number of amides is 3. The van der Waals surface area contributed by atoms with E-state index in [0.717, 1.165) is 24.8 Å². The van der Waals surface area contributed by atoms with Crippen molar-refractivity contribution < 1.29 is 14.4 Å².